The van der Waals surface area contributed by atoms with E-state index in [0.29, 0.717) is 47.3 Å². The predicted molar refractivity (Wildman–Crippen MR) is 128 cm³/mol. The highest BCUT2D eigenvalue weighted by Crippen LogP contribution is 2.34. The molecule has 0 aliphatic carbocycles. The number of nitrogens with one attached hydrogen (secondary N) is 1. The third-order valence-corrected chi connectivity index (χ3v) is 6.65. The number of hydrogen-bond acceptors (Lipinski definition) is 7. The number of nitrogens with zero attached hydrogens (tertiary/aromatic N) is 5. The van der Waals surface area contributed by atoms with Gasteiger partial charge >= 0.3 is 0 Å². The number of carbonyl (C=O) groups excluding carboxylic acids is 1. The van der Waals surface area contributed by atoms with Crippen LogP contribution in [0.5, 0.6) is 5.75 Å². The number of imidazole rings is 1. The molecule has 176 valence electrons. The number of anilines is 2. The number of hydrogen-bond donors (Lipinski definition) is 1. The zero-order valence-corrected chi connectivity index (χ0v) is 19.8. The van der Waals surface area contributed by atoms with E-state index in [1.165, 1.54) is 0 Å². The van der Waals surface area contributed by atoms with Crippen LogP contribution in [0.3, 0.4) is 0 Å². The minimum atomic E-state index is -0.0727. The molecule has 2 aromatic rings. The van der Waals surface area contributed by atoms with Crippen molar-refractivity contribution in [1.29, 1.82) is 0 Å². The number of benzene rings is 1. The van der Waals surface area contributed by atoms with Crippen LogP contribution < -0.4 is 15.0 Å². The molecular weight excluding hydrogens is 444 g/mol. The quantitative estimate of drug-likeness (QED) is 0.695. The summed E-state index contributed by atoms with van der Waals surface area (Å²) in [6, 6.07) is 5.94. The molecule has 3 aliphatic heterocycles. The van der Waals surface area contributed by atoms with Gasteiger partial charge in [0.15, 0.2) is 11.5 Å². The summed E-state index contributed by atoms with van der Waals surface area (Å²) in [5, 5.41) is 4.13. The van der Waals surface area contributed by atoms with Crippen molar-refractivity contribution in [2.45, 2.75) is 38.8 Å². The van der Waals surface area contributed by atoms with Gasteiger partial charge in [-0.25, -0.2) is 0 Å². The zero-order chi connectivity index (χ0) is 22.9. The van der Waals surface area contributed by atoms with Gasteiger partial charge in [-0.05, 0) is 43.9 Å². The molecule has 33 heavy (non-hydrogen) atoms. The molecule has 1 fully saturated rings. The van der Waals surface area contributed by atoms with Gasteiger partial charge in [0.05, 0.1) is 18.7 Å². The van der Waals surface area contributed by atoms with Gasteiger partial charge in [0, 0.05) is 38.9 Å². The number of ether oxygens (including phenoxy) is 2. The molecule has 0 unspecified atom stereocenters. The first-order chi connectivity index (χ1) is 16.1. The molecule has 1 aromatic heterocycles. The molecule has 10 heteroatoms. The van der Waals surface area contributed by atoms with Crippen LogP contribution in [0.25, 0.3) is 0 Å². The lowest BCUT2D eigenvalue weighted by atomic mass is 10.1. The van der Waals surface area contributed by atoms with Crippen molar-refractivity contribution in [3.05, 3.63) is 34.5 Å². The molecule has 5 rings (SSSR count). The van der Waals surface area contributed by atoms with Gasteiger partial charge in [-0.2, -0.15) is 4.98 Å². The van der Waals surface area contributed by atoms with E-state index in [9.17, 15) is 4.79 Å². The Morgan fingerprint density at radius 1 is 1.30 bits per heavy atom. The first kappa shape index (κ1) is 22.0. The van der Waals surface area contributed by atoms with Crippen molar-refractivity contribution in [3.63, 3.8) is 0 Å². The van der Waals surface area contributed by atoms with Gasteiger partial charge in [-0.1, -0.05) is 17.7 Å². The van der Waals surface area contributed by atoms with Crippen molar-refractivity contribution >= 4 is 35.2 Å². The molecule has 1 amide bonds. The van der Waals surface area contributed by atoms with Crippen LogP contribution in [0.15, 0.2) is 23.2 Å². The largest absolute Gasteiger partial charge is 0.495 e. The number of amides is 1. The number of methoxy groups -OCH3 is 1. The molecule has 1 N–H and O–H groups in total. The maximum Gasteiger partial charge on any atom is 0.281 e. The van der Waals surface area contributed by atoms with Crippen molar-refractivity contribution in [3.8, 4) is 5.75 Å². The fourth-order valence-electron chi connectivity index (χ4n) is 4.65. The second-order valence-electron chi connectivity index (χ2n) is 8.43. The summed E-state index contributed by atoms with van der Waals surface area (Å²) in [6.45, 7) is 5.94. The lowest BCUT2D eigenvalue weighted by Gasteiger charge is -2.38. The summed E-state index contributed by atoms with van der Waals surface area (Å²) >= 11 is 6.40. The second kappa shape index (κ2) is 9.23. The average molecular weight is 473 g/mol. The van der Waals surface area contributed by atoms with E-state index in [4.69, 9.17) is 26.1 Å². The molecule has 1 aromatic carbocycles. The van der Waals surface area contributed by atoms with Crippen LogP contribution in [-0.4, -0.2) is 72.3 Å². The van der Waals surface area contributed by atoms with Crippen LogP contribution in [0.2, 0.25) is 5.02 Å². The van der Waals surface area contributed by atoms with E-state index in [0.717, 1.165) is 51.1 Å². The number of halogens is 1. The smallest absolute Gasteiger partial charge is 0.281 e. The number of aliphatic imine (C=N–C) groups is 1. The Morgan fingerprint density at radius 2 is 2.12 bits per heavy atom. The van der Waals surface area contributed by atoms with Gasteiger partial charge in [-0.15, -0.1) is 0 Å². The van der Waals surface area contributed by atoms with Gasteiger partial charge in [0.25, 0.3) is 5.91 Å². The Kier molecular flexibility index (Phi) is 6.16. The van der Waals surface area contributed by atoms with E-state index < -0.39 is 0 Å². The van der Waals surface area contributed by atoms with Gasteiger partial charge in [0.2, 0.25) is 11.9 Å². The maximum absolute atomic E-state index is 13.7. The van der Waals surface area contributed by atoms with Crippen LogP contribution in [0.4, 0.5) is 11.8 Å². The van der Waals surface area contributed by atoms with Crippen LogP contribution >= 0.6 is 11.6 Å². The number of aromatic nitrogens is 2. The van der Waals surface area contributed by atoms with E-state index in [1.807, 2.05) is 29.7 Å². The van der Waals surface area contributed by atoms with Crippen LogP contribution in [0, 0.1) is 0 Å². The summed E-state index contributed by atoms with van der Waals surface area (Å²) in [5.41, 5.74) is 1.55. The third-order valence-electron chi connectivity index (χ3n) is 6.36. The highest BCUT2D eigenvalue weighted by Gasteiger charge is 2.40. The highest BCUT2D eigenvalue weighted by atomic mass is 35.5. The minimum Gasteiger partial charge on any atom is -0.495 e. The molecule has 4 heterocycles. The Bertz CT molecular complexity index is 1080. The normalized spacial score (nSPS) is 18.6. The third kappa shape index (κ3) is 4.04. The minimum absolute atomic E-state index is 0.0727. The van der Waals surface area contributed by atoms with Crippen molar-refractivity contribution in [2.75, 3.05) is 50.2 Å². The van der Waals surface area contributed by atoms with Gasteiger partial charge < -0.3 is 14.8 Å². The van der Waals surface area contributed by atoms with E-state index in [2.05, 4.69) is 15.2 Å². The molecule has 0 saturated carbocycles. The molecule has 3 aliphatic rings. The zero-order valence-electron chi connectivity index (χ0n) is 19.0. The fourth-order valence-corrected chi connectivity index (χ4v) is 4.93. The molecule has 9 nitrogen and oxygen atoms in total. The van der Waals surface area contributed by atoms with Crippen LogP contribution in [-0.2, 0) is 11.3 Å². The summed E-state index contributed by atoms with van der Waals surface area (Å²) in [6.07, 6.45) is 2.73. The first-order valence-corrected chi connectivity index (χ1v) is 11.9. The van der Waals surface area contributed by atoms with E-state index in [1.54, 1.807) is 12.0 Å². The molecular formula is C23H29ClN6O3. The number of carbonyl (C=O) groups is 1. The summed E-state index contributed by atoms with van der Waals surface area (Å²) in [4.78, 5) is 27.1. The first-order valence-electron chi connectivity index (χ1n) is 11.5. The number of fused-ring (bicyclic) bond motifs is 3. The van der Waals surface area contributed by atoms with Gasteiger partial charge in [0.1, 0.15) is 5.75 Å². The maximum atomic E-state index is 13.7. The second-order valence-corrected chi connectivity index (χ2v) is 8.84. The molecule has 0 spiro atoms. The van der Waals surface area contributed by atoms with Gasteiger partial charge in [-0.3, -0.25) is 24.2 Å². The van der Waals surface area contributed by atoms with Crippen molar-refractivity contribution < 1.29 is 14.3 Å². The molecule has 0 atom stereocenters. The summed E-state index contributed by atoms with van der Waals surface area (Å²) in [5.74, 6) is 2.62. The monoisotopic (exact) mass is 472 g/mol. The Labute approximate surface area is 198 Å². The SMILES string of the molecule is CCN1C(=O)c2c(nc(NC3CCOCC3)n2Cc2ccc(OC)c(Cl)c2)N2CCCN=C12. The lowest BCUT2D eigenvalue weighted by molar-refractivity contribution is 0.0833. The summed E-state index contributed by atoms with van der Waals surface area (Å²) < 4.78 is 12.8. The average Bonchev–Trinajstić information content (AvgIpc) is 3.18. The fraction of sp³-hybridized carbons (Fsp3) is 0.522. The standard InChI is InChI=1S/C23H29ClN6O3/c1-3-28-21(31)19-20(29-10-4-9-25-23(28)29)27-22(26-16-7-11-33-12-8-16)30(19)14-15-5-6-18(32-2)17(24)13-15/h5-6,13,16H,3-4,7-12,14H2,1-2H3,(H,26,27). The lowest BCUT2D eigenvalue weighted by Crippen LogP contribution is -2.54. The van der Waals surface area contributed by atoms with Crippen molar-refractivity contribution in [1.82, 2.24) is 14.5 Å². The Hall–Kier alpha value is -2.78. The highest BCUT2D eigenvalue weighted by molar-refractivity contribution is 6.32. The number of guanidine groups is 1. The predicted octanol–water partition coefficient (Wildman–Crippen LogP) is 3.23. The van der Waals surface area contributed by atoms with E-state index >= 15 is 0 Å². The van der Waals surface area contributed by atoms with E-state index in [-0.39, 0.29) is 11.9 Å². The Morgan fingerprint density at radius 3 is 2.85 bits per heavy atom. The number of rotatable bonds is 6. The summed E-state index contributed by atoms with van der Waals surface area (Å²) in [7, 11) is 1.60. The topological polar surface area (TPSA) is 84.2 Å². The van der Waals surface area contributed by atoms with Crippen LogP contribution in [0.1, 0.15) is 42.2 Å². The Balaban J connectivity index is 1.59. The molecule has 0 bridgehead atoms. The van der Waals surface area contributed by atoms with Crippen molar-refractivity contribution in [2.24, 2.45) is 4.99 Å². The molecule has 1 saturated heterocycles. The molecule has 0 radical (unpaired) electrons.